The molecule has 2 N–H and O–H groups in total. The molecule has 0 bridgehead atoms. The monoisotopic (exact) mass is 184 g/mol. The highest BCUT2D eigenvalue weighted by Gasteiger charge is 2.12. The summed E-state index contributed by atoms with van der Waals surface area (Å²) in [5, 5.41) is 7.01. The van der Waals surface area contributed by atoms with Gasteiger partial charge in [-0.1, -0.05) is 13.8 Å². The second-order valence-corrected chi connectivity index (χ2v) is 4.53. The Morgan fingerprint density at radius 1 is 1.46 bits per heavy atom. The van der Waals surface area contributed by atoms with Crippen LogP contribution in [0.15, 0.2) is 0 Å². The summed E-state index contributed by atoms with van der Waals surface area (Å²) in [5.41, 5.74) is 0. The summed E-state index contributed by atoms with van der Waals surface area (Å²) in [5.74, 6) is 0.853. The standard InChI is InChI=1S/C11H24N2/c1-10(2)5-3-7-12-9-11-6-4-8-13-11/h10-13H,3-9H2,1-2H3. The summed E-state index contributed by atoms with van der Waals surface area (Å²) in [6, 6.07) is 0.749. The van der Waals surface area contributed by atoms with E-state index in [-0.39, 0.29) is 0 Å². The lowest BCUT2D eigenvalue weighted by Gasteiger charge is -2.11. The van der Waals surface area contributed by atoms with Crippen LogP contribution in [0.4, 0.5) is 0 Å². The van der Waals surface area contributed by atoms with Gasteiger partial charge in [0, 0.05) is 12.6 Å². The van der Waals surface area contributed by atoms with Gasteiger partial charge in [0.15, 0.2) is 0 Å². The highest BCUT2D eigenvalue weighted by atomic mass is 15.0. The fourth-order valence-corrected chi connectivity index (χ4v) is 1.84. The molecule has 0 aromatic heterocycles. The molecule has 0 aliphatic carbocycles. The minimum Gasteiger partial charge on any atom is -0.315 e. The van der Waals surface area contributed by atoms with Gasteiger partial charge >= 0.3 is 0 Å². The summed E-state index contributed by atoms with van der Waals surface area (Å²) in [7, 11) is 0. The summed E-state index contributed by atoms with van der Waals surface area (Å²) in [4.78, 5) is 0. The molecule has 1 heterocycles. The molecule has 0 aromatic carbocycles. The van der Waals surface area contributed by atoms with Gasteiger partial charge in [0.05, 0.1) is 0 Å². The van der Waals surface area contributed by atoms with Crippen molar-refractivity contribution >= 4 is 0 Å². The van der Waals surface area contributed by atoms with E-state index in [2.05, 4.69) is 24.5 Å². The van der Waals surface area contributed by atoms with Crippen LogP contribution in [-0.2, 0) is 0 Å². The van der Waals surface area contributed by atoms with E-state index in [1.54, 1.807) is 0 Å². The predicted octanol–water partition coefficient (Wildman–Crippen LogP) is 1.76. The predicted molar refractivity (Wildman–Crippen MR) is 58.0 cm³/mol. The molecule has 0 saturated carbocycles. The average molecular weight is 184 g/mol. The zero-order valence-electron chi connectivity index (χ0n) is 9.10. The number of rotatable bonds is 6. The number of hydrogen-bond donors (Lipinski definition) is 2. The van der Waals surface area contributed by atoms with Gasteiger partial charge in [-0.3, -0.25) is 0 Å². The summed E-state index contributed by atoms with van der Waals surface area (Å²) >= 11 is 0. The van der Waals surface area contributed by atoms with Crippen LogP contribution in [-0.4, -0.2) is 25.7 Å². The molecule has 0 aromatic rings. The first kappa shape index (κ1) is 11.0. The Morgan fingerprint density at radius 2 is 2.31 bits per heavy atom. The van der Waals surface area contributed by atoms with Crippen molar-refractivity contribution in [2.24, 2.45) is 5.92 Å². The number of hydrogen-bond acceptors (Lipinski definition) is 2. The SMILES string of the molecule is CC(C)CCCNCC1CCCN1. The maximum absolute atomic E-state index is 3.52. The van der Waals surface area contributed by atoms with E-state index in [1.807, 2.05) is 0 Å². The van der Waals surface area contributed by atoms with Crippen molar-refractivity contribution in [1.29, 1.82) is 0 Å². The molecule has 78 valence electrons. The van der Waals surface area contributed by atoms with Gasteiger partial charge in [0.25, 0.3) is 0 Å². The lowest BCUT2D eigenvalue weighted by molar-refractivity contribution is 0.494. The lowest BCUT2D eigenvalue weighted by Crippen LogP contribution is -2.34. The molecule has 1 aliphatic rings. The molecular weight excluding hydrogens is 160 g/mol. The molecule has 1 unspecified atom stereocenters. The fraction of sp³-hybridized carbons (Fsp3) is 1.00. The van der Waals surface area contributed by atoms with Crippen LogP contribution in [0.1, 0.15) is 39.5 Å². The molecule has 13 heavy (non-hydrogen) atoms. The van der Waals surface area contributed by atoms with Crippen molar-refractivity contribution < 1.29 is 0 Å². The third-order valence-corrected chi connectivity index (χ3v) is 2.69. The molecule has 1 rings (SSSR count). The second kappa shape index (κ2) is 6.39. The van der Waals surface area contributed by atoms with E-state index in [0.717, 1.165) is 18.5 Å². The Bertz CT molecular complexity index is 117. The van der Waals surface area contributed by atoms with Crippen LogP contribution in [0, 0.1) is 5.92 Å². The molecule has 2 heteroatoms. The molecule has 2 nitrogen and oxygen atoms in total. The van der Waals surface area contributed by atoms with E-state index in [0.29, 0.717) is 0 Å². The molecule has 1 saturated heterocycles. The van der Waals surface area contributed by atoms with Crippen LogP contribution < -0.4 is 10.6 Å². The minimum absolute atomic E-state index is 0.749. The lowest BCUT2D eigenvalue weighted by atomic mass is 10.1. The van der Waals surface area contributed by atoms with Crippen molar-refractivity contribution in [2.75, 3.05) is 19.6 Å². The maximum Gasteiger partial charge on any atom is 0.0192 e. The van der Waals surface area contributed by atoms with Crippen LogP contribution >= 0.6 is 0 Å². The Balaban J connectivity index is 1.83. The highest BCUT2D eigenvalue weighted by molar-refractivity contribution is 4.75. The topological polar surface area (TPSA) is 24.1 Å². The highest BCUT2D eigenvalue weighted by Crippen LogP contribution is 2.04. The van der Waals surface area contributed by atoms with Gasteiger partial charge in [-0.05, 0) is 44.7 Å². The second-order valence-electron chi connectivity index (χ2n) is 4.53. The van der Waals surface area contributed by atoms with Gasteiger partial charge in [0.2, 0.25) is 0 Å². The van der Waals surface area contributed by atoms with Gasteiger partial charge in [0.1, 0.15) is 0 Å². The summed E-state index contributed by atoms with van der Waals surface area (Å²) < 4.78 is 0. The van der Waals surface area contributed by atoms with Crippen molar-refractivity contribution in [3.8, 4) is 0 Å². The normalized spacial score (nSPS) is 22.8. The van der Waals surface area contributed by atoms with Gasteiger partial charge in [-0.15, -0.1) is 0 Å². The molecule has 1 aliphatic heterocycles. The van der Waals surface area contributed by atoms with Crippen LogP contribution in [0.2, 0.25) is 0 Å². The fourth-order valence-electron chi connectivity index (χ4n) is 1.84. The Kier molecular flexibility index (Phi) is 5.40. The minimum atomic E-state index is 0.749. The van der Waals surface area contributed by atoms with Gasteiger partial charge in [-0.25, -0.2) is 0 Å². The van der Waals surface area contributed by atoms with E-state index in [4.69, 9.17) is 0 Å². The molecule has 1 atom stereocenters. The number of nitrogens with one attached hydrogen (secondary N) is 2. The zero-order chi connectivity index (χ0) is 9.52. The molecule has 0 spiro atoms. The van der Waals surface area contributed by atoms with Gasteiger partial charge in [-0.2, -0.15) is 0 Å². The quantitative estimate of drug-likeness (QED) is 0.615. The maximum atomic E-state index is 3.52. The third kappa shape index (κ3) is 5.27. The zero-order valence-corrected chi connectivity index (χ0v) is 9.10. The van der Waals surface area contributed by atoms with Crippen LogP contribution in [0.25, 0.3) is 0 Å². The first-order chi connectivity index (χ1) is 6.29. The average Bonchev–Trinajstić information content (AvgIpc) is 2.55. The molecule has 0 radical (unpaired) electrons. The first-order valence-electron chi connectivity index (χ1n) is 5.73. The van der Waals surface area contributed by atoms with E-state index >= 15 is 0 Å². The Morgan fingerprint density at radius 3 is 2.92 bits per heavy atom. The van der Waals surface area contributed by atoms with Crippen LogP contribution in [0.5, 0.6) is 0 Å². The molecule has 1 fully saturated rings. The Hall–Kier alpha value is -0.0800. The van der Waals surface area contributed by atoms with Crippen molar-refractivity contribution in [2.45, 2.75) is 45.6 Å². The van der Waals surface area contributed by atoms with E-state index < -0.39 is 0 Å². The van der Waals surface area contributed by atoms with Gasteiger partial charge < -0.3 is 10.6 Å². The molecule has 0 amide bonds. The van der Waals surface area contributed by atoms with E-state index in [9.17, 15) is 0 Å². The van der Waals surface area contributed by atoms with E-state index in [1.165, 1.54) is 38.8 Å². The largest absolute Gasteiger partial charge is 0.315 e. The van der Waals surface area contributed by atoms with Crippen molar-refractivity contribution in [3.05, 3.63) is 0 Å². The first-order valence-corrected chi connectivity index (χ1v) is 5.73. The smallest absolute Gasteiger partial charge is 0.0192 e. The molecular formula is C11H24N2. The van der Waals surface area contributed by atoms with Crippen LogP contribution in [0.3, 0.4) is 0 Å². The van der Waals surface area contributed by atoms with Crippen molar-refractivity contribution in [1.82, 2.24) is 10.6 Å². The third-order valence-electron chi connectivity index (χ3n) is 2.69. The van der Waals surface area contributed by atoms with Crippen molar-refractivity contribution in [3.63, 3.8) is 0 Å². The summed E-state index contributed by atoms with van der Waals surface area (Å²) in [6.45, 7) is 8.16. The summed E-state index contributed by atoms with van der Waals surface area (Å²) in [6.07, 6.45) is 5.39. The Labute approximate surface area is 82.5 Å².